The molecule has 0 atom stereocenters. The molecule has 1 N–H and O–H groups in total. The van der Waals surface area contributed by atoms with Crippen molar-refractivity contribution >= 4 is 5.97 Å². The Morgan fingerprint density at radius 1 is 0.682 bits per heavy atom. The number of allylic oxidation sites excluding steroid dienone is 4. The fraction of sp³-hybridized carbons (Fsp3) is 0.750. The highest BCUT2D eigenvalue weighted by Crippen LogP contribution is 2.08. The van der Waals surface area contributed by atoms with Crippen molar-refractivity contribution in [2.75, 3.05) is 0 Å². The van der Waals surface area contributed by atoms with Crippen molar-refractivity contribution in [1.82, 2.24) is 0 Å². The van der Waals surface area contributed by atoms with Gasteiger partial charge in [-0.3, -0.25) is 4.79 Å². The summed E-state index contributed by atoms with van der Waals surface area (Å²) in [6, 6.07) is 0. The van der Waals surface area contributed by atoms with Crippen LogP contribution in [0.5, 0.6) is 0 Å². The first-order chi connectivity index (χ1) is 10.8. The summed E-state index contributed by atoms with van der Waals surface area (Å²) in [6.45, 7) is 2.26. The normalized spacial score (nSPS) is 11.7. The van der Waals surface area contributed by atoms with E-state index in [-0.39, 0.29) is 0 Å². The zero-order valence-corrected chi connectivity index (χ0v) is 14.6. The molecule has 0 radical (unpaired) electrons. The second kappa shape index (κ2) is 18.0. The maximum absolute atomic E-state index is 10.3. The first-order valence-electron chi connectivity index (χ1n) is 9.29. The Hall–Kier alpha value is -1.05. The van der Waals surface area contributed by atoms with Gasteiger partial charge in [-0.05, 0) is 44.9 Å². The van der Waals surface area contributed by atoms with E-state index in [9.17, 15) is 4.79 Å². The van der Waals surface area contributed by atoms with E-state index in [0.717, 1.165) is 38.5 Å². The van der Waals surface area contributed by atoms with Gasteiger partial charge in [-0.1, -0.05) is 69.8 Å². The lowest BCUT2D eigenvalue weighted by Gasteiger charge is -1.97. The minimum absolute atomic E-state index is 0.313. The third-order valence-electron chi connectivity index (χ3n) is 3.82. The van der Waals surface area contributed by atoms with Gasteiger partial charge in [0.05, 0.1) is 0 Å². The number of carboxylic acids is 1. The van der Waals surface area contributed by atoms with Gasteiger partial charge in [-0.15, -0.1) is 0 Å². The Labute approximate surface area is 137 Å². The number of rotatable bonds is 16. The maximum atomic E-state index is 10.3. The van der Waals surface area contributed by atoms with Gasteiger partial charge in [0.25, 0.3) is 0 Å². The van der Waals surface area contributed by atoms with Crippen LogP contribution >= 0.6 is 0 Å². The van der Waals surface area contributed by atoms with Crippen molar-refractivity contribution < 1.29 is 9.90 Å². The number of hydrogen-bond donors (Lipinski definition) is 1. The molecule has 0 aromatic rings. The van der Waals surface area contributed by atoms with Crippen LogP contribution in [0.25, 0.3) is 0 Å². The van der Waals surface area contributed by atoms with Gasteiger partial charge >= 0.3 is 5.97 Å². The summed E-state index contributed by atoms with van der Waals surface area (Å²) in [6.07, 6.45) is 25.2. The number of carboxylic acid groups (broad SMARTS) is 1. The lowest BCUT2D eigenvalue weighted by Crippen LogP contribution is -1.93. The van der Waals surface area contributed by atoms with E-state index in [1.165, 1.54) is 44.9 Å². The second-order valence-corrected chi connectivity index (χ2v) is 6.07. The van der Waals surface area contributed by atoms with E-state index in [0.29, 0.717) is 6.42 Å². The highest BCUT2D eigenvalue weighted by molar-refractivity contribution is 5.66. The van der Waals surface area contributed by atoms with Crippen LogP contribution in [0.3, 0.4) is 0 Å². The van der Waals surface area contributed by atoms with Crippen LogP contribution in [0.4, 0.5) is 0 Å². The SMILES string of the molecule is CCCCCCCC/C=C\CC/C=C\CCCCCC(=O)O. The molecule has 0 unspecified atom stereocenters. The van der Waals surface area contributed by atoms with Gasteiger partial charge in [-0.2, -0.15) is 0 Å². The van der Waals surface area contributed by atoms with E-state index >= 15 is 0 Å². The molecule has 128 valence electrons. The molecule has 2 heteroatoms. The smallest absolute Gasteiger partial charge is 0.303 e. The van der Waals surface area contributed by atoms with Crippen LogP contribution in [0.2, 0.25) is 0 Å². The Balaban J connectivity index is 3.18. The molecule has 22 heavy (non-hydrogen) atoms. The maximum Gasteiger partial charge on any atom is 0.303 e. The van der Waals surface area contributed by atoms with Gasteiger partial charge in [0.15, 0.2) is 0 Å². The molecule has 0 spiro atoms. The van der Waals surface area contributed by atoms with Crippen molar-refractivity contribution in [3.63, 3.8) is 0 Å². The molecule has 0 aliphatic heterocycles. The summed E-state index contributed by atoms with van der Waals surface area (Å²) in [5.41, 5.74) is 0. The molecule has 0 aromatic carbocycles. The minimum atomic E-state index is -0.678. The largest absolute Gasteiger partial charge is 0.481 e. The van der Waals surface area contributed by atoms with Crippen molar-refractivity contribution in [1.29, 1.82) is 0 Å². The minimum Gasteiger partial charge on any atom is -0.481 e. The third-order valence-corrected chi connectivity index (χ3v) is 3.82. The van der Waals surface area contributed by atoms with E-state index in [4.69, 9.17) is 5.11 Å². The standard InChI is InChI=1S/C20H36O2/c1-2-3-4-5-6-7-8-9-10-11-12-13-14-15-16-17-18-19-20(21)22/h9-10,13-14H,2-8,11-12,15-19H2,1H3,(H,21,22)/b10-9-,14-13-. The van der Waals surface area contributed by atoms with Crippen LogP contribution in [0.15, 0.2) is 24.3 Å². The van der Waals surface area contributed by atoms with Gasteiger partial charge < -0.3 is 5.11 Å². The van der Waals surface area contributed by atoms with Crippen LogP contribution in [0.1, 0.15) is 96.8 Å². The van der Waals surface area contributed by atoms with Gasteiger partial charge in [0.1, 0.15) is 0 Å². The molecule has 0 rings (SSSR count). The van der Waals surface area contributed by atoms with Crippen LogP contribution in [-0.2, 0) is 4.79 Å². The molecule has 0 saturated carbocycles. The molecule has 0 heterocycles. The molecule has 0 aliphatic carbocycles. The monoisotopic (exact) mass is 308 g/mol. The number of hydrogen-bond acceptors (Lipinski definition) is 1. The first-order valence-corrected chi connectivity index (χ1v) is 9.29. The molecule has 0 aliphatic rings. The summed E-state index contributed by atoms with van der Waals surface area (Å²) in [5.74, 6) is -0.678. The van der Waals surface area contributed by atoms with E-state index in [1.54, 1.807) is 0 Å². The van der Waals surface area contributed by atoms with Crippen molar-refractivity contribution in [2.24, 2.45) is 0 Å². The van der Waals surface area contributed by atoms with Gasteiger partial charge in [0, 0.05) is 6.42 Å². The summed E-state index contributed by atoms with van der Waals surface area (Å²) < 4.78 is 0. The molecule has 0 aromatic heterocycles. The fourth-order valence-electron chi connectivity index (χ4n) is 2.42. The van der Waals surface area contributed by atoms with E-state index < -0.39 is 5.97 Å². The van der Waals surface area contributed by atoms with Crippen molar-refractivity contribution in [3.05, 3.63) is 24.3 Å². The summed E-state index contributed by atoms with van der Waals surface area (Å²) >= 11 is 0. The molecule has 0 amide bonds. The molecule has 0 saturated heterocycles. The third kappa shape index (κ3) is 18.9. The van der Waals surface area contributed by atoms with Crippen molar-refractivity contribution in [2.45, 2.75) is 96.8 Å². The molecule has 0 fully saturated rings. The van der Waals surface area contributed by atoms with Gasteiger partial charge in [0.2, 0.25) is 0 Å². The summed E-state index contributed by atoms with van der Waals surface area (Å²) in [7, 11) is 0. The predicted octanol–water partition coefficient (Wildman–Crippen LogP) is 6.66. The Bertz CT molecular complexity index is 292. The number of aliphatic carboxylic acids is 1. The topological polar surface area (TPSA) is 37.3 Å². The zero-order chi connectivity index (χ0) is 16.3. The van der Waals surface area contributed by atoms with E-state index in [1.807, 2.05) is 0 Å². The Morgan fingerprint density at radius 3 is 1.68 bits per heavy atom. The fourth-order valence-corrected chi connectivity index (χ4v) is 2.42. The van der Waals surface area contributed by atoms with Crippen LogP contribution in [0, 0.1) is 0 Å². The average molecular weight is 309 g/mol. The Morgan fingerprint density at radius 2 is 1.14 bits per heavy atom. The molecule has 0 bridgehead atoms. The number of carbonyl (C=O) groups is 1. The van der Waals surface area contributed by atoms with Gasteiger partial charge in [-0.25, -0.2) is 0 Å². The van der Waals surface area contributed by atoms with E-state index in [2.05, 4.69) is 31.2 Å². The number of unbranched alkanes of at least 4 members (excludes halogenated alkanes) is 10. The highest BCUT2D eigenvalue weighted by atomic mass is 16.4. The average Bonchev–Trinajstić information content (AvgIpc) is 2.50. The van der Waals surface area contributed by atoms with Crippen LogP contribution in [-0.4, -0.2) is 11.1 Å². The lowest BCUT2D eigenvalue weighted by molar-refractivity contribution is -0.137. The second-order valence-electron chi connectivity index (χ2n) is 6.07. The molecular weight excluding hydrogens is 272 g/mol. The molecular formula is C20H36O2. The quantitative estimate of drug-likeness (QED) is 0.255. The first kappa shape index (κ1) is 20.9. The summed E-state index contributed by atoms with van der Waals surface area (Å²) in [4.78, 5) is 10.3. The molecule has 2 nitrogen and oxygen atoms in total. The predicted molar refractivity (Wildman–Crippen MR) is 96.2 cm³/mol. The summed E-state index contributed by atoms with van der Waals surface area (Å²) in [5, 5.41) is 8.52. The van der Waals surface area contributed by atoms with Crippen molar-refractivity contribution in [3.8, 4) is 0 Å². The Kier molecular flexibility index (Phi) is 17.1. The highest BCUT2D eigenvalue weighted by Gasteiger charge is 1.94. The zero-order valence-electron chi connectivity index (χ0n) is 14.6. The van der Waals surface area contributed by atoms with Crippen LogP contribution < -0.4 is 0 Å². The lowest BCUT2D eigenvalue weighted by atomic mass is 10.1.